The molecule has 6 nitrogen and oxygen atoms in total. The third-order valence-corrected chi connectivity index (χ3v) is 3.27. The molecular weight excluding hydrogens is 304 g/mol. The zero-order chi connectivity index (χ0) is 16.8. The summed E-state index contributed by atoms with van der Waals surface area (Å²) in [6, 6.07) is 0.0178. The average molecular weight is 329 g/mol. The minimum Gasteiger partial charge on any atom is -0.444 e. The second-order valence-corrected chi connectivity index (χ2v) is 6.46. The number of hydrogen-bond acceptors (Lipinski definition) is 4. The zero-order valence-corrected chi connectivity index (χ0v) is 14.5. The molecule has 7 heteroatoms. The summed E-state index contributed by atoms with van der Waals surface area (Å²) >= 11 is 5.81. The first-order valence-corrected chi connectivity index (χ1v) is 7.74. The minimum atomic E-state index is -0.500. The van der Waals surface area contributed by atoms with Crippen LogP contribution in [0.15, 0.2) is 21.9 Å². The van der Waals surface area contributed by atoms with E-state index < -0.39 is 11.7 Å². The smallest absolute Gasteiger partial charge is 0.407 e. The normalized spacial score (nSPS) is 20.6. The maximum Gasteiger partial charge on any atom is 0.407 e. The molecule has 0 aromatic carbocycles. The SMILES string of the molecule is C=NC(Cl)=N/C(=C\C)N1CCCC(NC(=O)OC(C)(C)C)C1. The molecule has 0 bridgehead atoms. The quantitative estimate of drug-likeness (QED) is 0.491. The van der Waals surface area contributed by atoms with E-state index in [-0.39, 0.29) is 11.3 Å². The summed E-state index contributed by atoms with van der Waals surface area (Å²) in [5.74, 6) is 0.730. The van der Waals surface area contributed by atoms with Crippen LogP contribution in [0, 0.1) is 0 Å². The maximum atomic E-state index is 11.9. The van der Waals surface area contributed by atoms with Gasteiger partial charge in [0.1, 0.15) is 11.4 Å². The molecule has 1 unspecified atom stereocenters. The Morgan fingerprint density at radius 1 is 1.50 bits per heavy atom. The number of likely N-dealkylation sites (tertiary alicyclic amines) is 1. The molecule has 22 heavy (non-hydrogen) atoms. The van der Waals surface area contributed by atoms with E-state index in [9.17, 15) is 4.79 Å². The second-order valence-electron chi connectivity index (χ2n) is 6.12. The third kappa shape index (κ3) is 6.47. The van der Waals surface area contributed by atoms with Crippen LogP contribution in [0.5, 0.6) is 0 Å². The van der Waals surface area contributed by atoms with Gasteiger partial charge >= 0.3 is 6.09 Å². The van der Waals surface area contributed by atoms with Gasteiger partial charge in [-0.05, 0) is 64.9 Å². The third-order valence-electron chi connectivity index (χ3n) is 3.06. The fourth-order valence-electron chi connectivity index (χ4n) is 2.22. The number of ether oxygens (including phenoxy) is 1. The van der Waals surface area contributed by atoms with Crippen LogP contribution in [0.3, 0.4) is 0 Å². The lowest BCUT2D eigenvalue weighted by atomic mass is 10.1. The van der Waals surface area contributed by atoms with Crippen molar-refractivity contribution < 1.29 is 9.53 Å². The lowest BCUT2D eigenvalue weighted by Gasteiger charge is -2.34. The van der Waals surface area contributed by atoms with Gasteiger partial charge in [0.05, 0.1) is 0 Å². The van der Waals surface area contributed by atoms with Crippen molar-refractivity contribution >= 4 is 29.7 Å². The second kappa shape index (κ2) is 8.17. The highest BCUT2D eigenvalue weighted by Crippen LogP contribution is 2.18. The van der Waals surface area contributed by atoms with Gasteiger partial charge in [-0.15, -0.1) is 0 Å². The summed E-state index contributed by atoms with van der Waals surface area (Å²) in [7, 11) is 0. The highest BCUT2D eigenvalue weighted by atomic mass is 35.5. The zero-order valence-electron chi connectivity index (χ0n) is 13.7. The number of carbonyl (C=O) groups is 1. The molecule has 0 spiro atoms. The van der Waals surface area contributed by atoms with E-state index in [1.165, 1.54) is 0 Å². The van der Waals surface area contributed by atoms with Crippen molar-refractivity contribution in [1.29, 1.82) is 0 Å². The highest BCUT2D eigenvalue weighted by molar-refractivity contribution is 6.65. The number of amidine groups is 1. The van der Waals surface area contributed by atoms with E-state index in [0.717, 1.165) is 25.2 Å². The van der Waals surface area contributed by atoms with E-state index >= 15 is 0 Å². The van der Waals surface area contributed by atoms with Crippen molar-refractivity contribution in [2.45, 2.75) is 52.2 Å². The Bertz CT molecular complexity index is 469. The molecule has 1 saturated heterocycles. The summed E-state index contributed by atoms with van der Waals surface area (Å²) < 4.78 is 5.29. The number of nitrogens with zero attached hydrogens (tertiary/aromatic N) is 3. The van der Waals surface area contributed by atoms with Crippen LogP contribution >= 0.6 is 11.6 Å². The molecule has 0 aromatic heterocycles. The van der Waals surface area contributed by atoms with E-state index in [2.05, 4.69) is 26.9 Å². The Morgan fingerprint density at radius 3 is 2.73 bits per heavy atom. The Balaban J connectivity index is 2.64. The predicted octanol–water partition coefficient (Wildman–Crippen LogP) is 3.13. The largest absolute Gasteiger partial charge is 0.444 e. The molecule has 1 N–H and O–H groups in total. The van der Waals surface area contributed by atoms with Gasteiger partial charge in [0.15, 0.2) is 0 Å². The topological polar surface area (TPSA) is 66.3 Å². The summed E-state index contributed by atoms with van der Waals surface area (Å²) in [4.78, 5) is 21.7. The molecule has 0 aliphatic carbocycles. The molecule has 1 rings (SSSR count). The summed E-state index contributed by atoms with van der Waals surface area (Å²) in [6.45, 7) is 12.3. The Hall–Kier alpha value is -1.56. The van der Waals surface area contributed by atoms with E-state index in [4.69, 9.17) is 16.3 Å². The number of allylic oxidation sites excluding steroid dienone is 1. The number of alkyl carbamates (subject to hydrolysis) is 1. The van der Waals surface area contributed by atoms with Crippen molar-refractivity contribution in [2.24, 2.45) is 9.98 Å². The molecule has 1 amide bonds. The van der Waals surface area contributed by atoms with Crippen LogP contribution in [0.1, 0.15) is 40.5 Å². The van der Waals surface area contributed by atoms with Gasteiger partial charge in [-0.2, -0.15) is 0 Å². The molecular formula is C15H25ClN4O2. The van der Waals surface area contributed by atoms with Gasteiger partial charge in [0.2, 0.25) is 5.29 Å². The van der Waals surface area contributed by atoms with Crippen molar-refractivity contribution in [1.82, 2.24) is 10.2 Å². The number of carbonyl (C=O) groups excluding carboxylic acids is 1. The molecule has 124 valence electrons. The first-order valence-electron chi connectivity index (χ1n) is 7.37. The number of halogens is 1. The summed E-state index contributed by atoms with van der Waals surface area (Å²) in [6.07, 6.45) is 3.33. The fraction of sp³-hybridized carbons (Fsp3) is 0.667. The van der Waals surface area contributed by atoms with Crippen molar-refractivity contribution in [3.63, 3.8) is 0 Å². The molecule has 1 aliphatic rings. The Labute approximate surface area is 137 Å². The Morgan fingerprint density at radius 2 is 2.18 bits per heavy atom. The van der Waals surface area contributed by atoms with Gasteiger partial charge in [0.25, 0.3) is 0 Å². The van der Waals surface area contributed by atoms with Crippen LogP contribution < -0.4 is 5.32 Å². The number of aliphatic imine (C=N–C) groups is 2. The molecule has 0 radical (unpaired) electrons. The van der Waals surface area contributed by atoms with Crippen LogP contribution in [-0.4, -0.2) is 47.7 Å². The van der Waals surface area contributed by atoms with Crippen LogP contribution in [0.4, 0.5) is 4.79 Å². The number of amides is 1. The van der Waals surface area contributed by atoms with E-state index in [1.807, 2.05) is 33.8 Å². The molecule has 0 saturated carbocycles. The van der Waals surface area contributed by atoms with Gasteiger partial charge in [-0.1, -0.05) is 0 Å². The van der Waals surface area contributed by atoms with Crippen LogP contribution in [0.25, 0.3) is 0 Å². The van der Waals surface area contributed by atoms with E-state index in [1.54, 1.807) is 0 Å². The lowest BCUT2D eigenvalue weighted by Crippen LogP contribution is -2.48. The molecule has 1 fully saturated rings. The molecule has 1 atom stereocenters. The monoisotopic (exact) mass is 328 g/mol. The molecule has 1 heterocycles. The highest BCUT2D eigenvalue weighted by Gasteiger charge is 2.25. The first-order chi connectivity index (χ1) is 10.2. The number of hydrogen-bond donors (Lipinski definition) is 1. The number of piperidine rings is 1. The van der Waals surface area contributed by atoms with Gasteiger partial charge in [0, 0.05) is 19.1 Å². The van der Waals surface area contributed by atoms with Crippen molar-refractivity contribution in [2.75, 3.05) is 13.1 Å². The lowest BCUT2D eigenvalue weighted by molar-refractivity contribution is 0.0480. The van der Waals surface area contributed by atoms with Crippen LogP contribution in [0.2, 0.25) is 0 Å². The molecule has 0 aromatic rings. The first kappa shape index (κ1) is 18.5. The standard InChI is InChI=1S/C15H25ClN4O2/c1-6-12(19-13(16)17-5)20-9-7-8-11(10-20)18-14(21)22-15(2,3)4/h6,11H,5,7-10H2,1-4H3,(H,18,21)/b12-6+,19-13?. The van der Waals surface area contributed by atoms with Gasteiger partial charge in [-0.25, -0.2) is 14.8 Å². The van der Waals surface area contributed by atoms with Crippen LogP contribution in [-0.2, 0) is 4.74 Å². The van der Waals surface area contributed by atoms with Crippen molar-refractivity contribution in [3.05, 3.63) is 11.9 Å². The van der Waals surface area contributed by atoms with Gasteiger partial charge < -0.3 is 15.0 Å². The van der Waals surface area contributed by atoms with E-state index in [0.29, 0.717) is 6.54 Å². The number of rotatable bonds is 3. The fourth-order valence-corrected chi connectivity index (χ4v) is 2.31. The number of nitrogens with one attached hydrogen (secondary N) is 1. The van der Waals surface area contributed by atoms with Gasteiger partial charge in [-0.3, -0.25) is 0 Å². The summed E-state index contributed by atoms with van der Waals surface area (Å²) in [5.41, 5.74) is -0.500. The maximum absolute atomic E-state index is 11.9. The Kier molecular flexibility index (Phi) is 6.87. The minimum absolute atomic E-state index is 0.0178. The molecule has 1 aliphatic heterocycles. The summed E-state index contributed by atoms with van der Waals surface area (Å²) in [5, 5.41) is 3.01. The van der Waals surface area contributed by atoms with Crippen molar-refractivity contribution in [3.8, 4) is 0 Å². The predicted molar refractivity (Wildman–Crippen MR) is 90.6 cm³/mol. The average Bonchev–Trinajstić information content (AvgIpc) is 2.42.